The molecular formula is C24H34F2N2OS. The van der Waals surface area contributed by atoms with Crippen molar-refractivity contribution in [2.75, 3.05) is 26.9 Å². The highest BCUT2D eigenvalue weighted by Crippen LogP contribution is 2.56. The maximum Gasteiger partial charge on any atom is 0.168 e. The molecule has 0 heterocycles. The van der Waals surface area contributed by atoms with Gasteiger partial charge in [-0.3, -0.25) is 0 Å². The lowest BCUT2D eigenvalue weighted by atomic mass is 10.1. The average molecular weight is 437 g/mol. The largest absolute Gasteiger partial charge is 0.450 e. The number of rotatable bonds is 9. The molecule has 0 radical (unpaired) electrons. The molecule has 2 unspecified atom stereocenters. The molecule has 6 heteroatoms. The summed E-state index contributed by atoms with van der Waals surface area (Å²) in [4.78, 5) is 6.42. The van der Waals surface area contributed by atoms with Crippen LogP contribution in [0.4, 0.5) is 14.0 Å². The normalized spacial score (nSPS) is 17.3. The van der Waals surface area contributed by atoms with Crippen molar-refractivity contribution in [3.05, 3.63) is 77.4 Å². The third kappa shape index (κ3) is 7.58. The molecule has 166 valence electrons. The van der Waals surface area contributed by atoms with Gasteiger partial charge in [-0.1, -0.05) is 31.7 Å². The Morgan fingerprint density at radius 1 is 1.33 bits per heavy atom. The van der Waals surface area contributed by atoms with Crippen LogP contribution in [0.25, 0.3) is 0 Å². The molecule has 1 rings (SSSR count). The third-order valence-electron chi connectivity index (χ3n) is 4.58. The van der Waals surface area contributed by atoms with Crippen LogP contribution in [0.15, 0.2) is 71.0 Å². The highest BCUT2D eigenvalue weighted by Gasteiger charge is 2.28. The molecule has 3 nitrogen and oxygen atoms in total. The van der Waals surface area contributed by atoms with E-state index in [1.54, 1.807) is 26.0 Å². The molecule has 0 N–H and O–H groups in total. The average Bonchev–Trinajstić information content (AvgIpc) is 2.66. The fourth-order valence-electron chi connectivity index (χ4n) is 2.56. The maximum atomic E-state index is 15.6. The van der Waals surface area contributed by atoms with Gasteiger partial charge in [0, 0.05) is 23.2 Å². The third-order valence-corrected chi connectivity index (χ3v) is 6.72. The summed E-state index contributed by atoms with van der Waals surface area (Å²) in [7, 11) is 0.957. The van der Waals surface area contributed by atoms with Crippen LogP contribution in [0.1, 0.15) is 26.3 Å². The van der Waals surface area contributed by atoms with Gasteiger partial charge in [-0.25, -0.2) is 9.38 Å². The van der Waals surface area contributed by atoms with Crippen molar-refractivity contribution in [3.8, 4) is 0 Å². The van der Waals surface area contributed by atoms with Crippen LogP contribution >= 0.6 is 10.4 Å². The van der Waals surface area contributed by atoms with Gasteiger partial charge in [-0.2, -0.15) is 3.89 Å². The molecule has 0 aromatic heterocycles. The van der Waals surface area contributed by atoms with Crippen molar-refractivity contribution in [1.82, 2.24) is 4.90 Å². The number of nitrogens with zero attached hydrogens (tertiary/aromatic N) is 2. The summed E-state index contributed by atoms with van der Waals surface area (Å²) in [6.45, 7) is 15.8. The van der Waals surface area contributed by atoms with Crippen molar-refractivity contribution in [2.24, 2.45) is 10.9 Å². The minimum absolute atomic E-state index is 0.0149. The number of aryl methyl sites for hydroxylation is 1. The number of halogens is 2. The Morgan fingerprint density at radius 2 is 1.97 bits per heavy atom. The summed E-state index contributed by atoms with van der Waals surface area (Å²) >= 11 is 0. The van der Waals surface area contributed by atoms with Gasteiger partial charge in [0.15, 0.2) is 5.09 Å². The van der Waals surface area contributed by atoms with E-state index in [0.29, 0.717) is 11.4 Å². The predicted octanol–water partition coefficient (Wildman–Crippen LogP) is 7.20. The van der Waals surface area contributed by atoms with Gasteiger partial charge in [0.05, 0.1) is 10.7 Å². The van der Waals surface area contributed by atoms with E-state index in [2.05, 4.69) is 30.0 Å². The highest BCUT2D eigenvalue weighted by molar-refractivity contribution is 8.43. The van der Waals surface area contributed by atoms with Gasteiger partial charge in [0.2, 0.25) is 0 Å². The van der Waals surface area contributed by atoms with Gasteiger partial charge >= 0.3 is 0 Å². The summed E-state index contributed by atoms with van der Waals surface area (Å²) in [5, 5.41) is 0.195. The Hall–Kier alpha value is -2.18. The smallest absolute Gasteiger partial charge is 0.168 e. The summed E-state index contributed by atoms with van der Waals surface area (Å²) in [5.41, 5.74) is 1.93. The minimum atomic E-state index is -3.06. The van der Waals surface area contributed by atoms with Crippen LogP contribution in [0.3, 0.4) is 0 Å². The molecule has 0 spiro atoms. The van der Waals surface area contributed by atoms with Crippen molar-refractivity contribution in [1.29, 1.82) is 0 Å². The monoisotopic (exact) mass is 436 g/mol. The Labute approximate surface area is 182 Å². The zero-order chi connectivity index (χ0) is 23.1. The Balaban J connectivity index is 3.12. The van der Waals surface area contributed by atoms with E-state index in [0.717, 1.165) is 17.7 Å². The summed E-state index contributed by atoms with van der Waals surface area (Å²) in [6, 6.07) is 4.26. The molecule has 0 aliphatic rings. The van der Waals surface area contributed by atoms with E-state index in [4.69, 9.17) is 4.74 Å². The van der Waals surface area contributed by atoms with Crippen LogP contribution in [0, 0.1) is 18.7 Å². The SMILES string of the molecule is C=C/C(C)=C(\C=C/C(C)CN(C)C)OC(=C)S(C)(F)C(C)=Nc1cc(F)ccc1C. The van der Waals surface area contributed by atoms with Crippen molar-refractivity contribution in [3.63, 3.8) is 0 Å². The topological polar surface area (TPSA) is 24.8 Å². The lowest BCUT2D eigenvalue weighted by Crippen LogP contribution is -2.18. The molecule has 0 bridgehead atoms. The first-order chi connectivity index (χ1) is 13.9. The fourth-order valence-corrected chi connectivity index (χ4v) is 3.40. The first-order valence-corrected chi connectivity index (χ1v) is 11.6. The summed E-state index contributed by atoms with van der Waals surface area (Å²) in [5.74, 6) is 0.362. The van der Waals surface area contributed by atoms with Crippen LogP contribution in [0.2, 0.25) is 0 Å². The number of allylic oxidation sites excluding steroid dienone is 3. The van der Waals surface area contributed by atoms with E-state index in [1.165, 1.54) is 18.4 Å². The first kappa shape index (κ1) is 25.9. The highest BCUT2D eigenvalue weighted by atomic mass is 32.3. The second-order valence-electron chi connectivity index (χ2n) is 7.70. The van der Waals surface area contributed by atoms with Crippen molar-refractivity contribution < 1.29 is 13.0 Å². The molecular weight excluding hydrogens is 402 g/mol. The van der Waals surface area contributed by atoms with Crippen LogP contribution in [0.5, 0.6) is 0 Å². The van der Waals surface area contributed by atoms with Gasteiger partial charge in [0.1, 0.15) is 11.6 Å². The second-order valence-corrected chi connectivity index (χ2v) is 10.4. The maximum absolute atomic E-state index is 15.6. The standard InChI is InChI=1S/C24H34F2N2OS/c1-10-18(3)24(14-11-17(2)16-28(7)8)29-21(6)30(9,26)20(5)27-23-15-22(25)13-12-19(23)4/h10-15,17H,1,6,16H2,2-5,7-9H3/b14-11-,24-18+,27-20?. The Morgan fingerprint density at radius 3 is 2.53 bits per heavy atom. The molecule has 0 aliphatic carbocycles. The molecule has 1 aromatic rings. The van der Waals surface area contributed by atoms with E-state index < -0.39 is 16.2 Å². The molecule has 0 aliphatic heterocycles. The Kier molecular flexibility index (Phi) is 9.72. The molecule has 0 saturated heterocycles. The number of ether oxygens (including phenoxy) is 1. The lowest BCUT2D eigenvalue weighted by Gasteiger charge is -2.28. The van der Waals surface area contributed by atoms with Gasteiger partial charge in [0.25, 0.3) is 0 Å². The Bertz CT molecular complexity index is 870. The molecule has 2 atom stereocenters. The molecule has 0 fully saturated rings. The zero-order valence-electron chi connectivity index (χ0n) is 19.1. The first-order valence-electron chi connectivity index (χ1n) is 9.71. The summed E-state index contributed by atoms with van der Waals surface area (Å²) < 4.78 is 35.1. The van der Waals surface area contributed by atoms with Crippen molar-refractivity contribution in [2.45, 2.75) is 27.7 Å². The molecule has 30 heavy (non-hydrogen) atoms. The number of benzene rings is 1. The van der Waals surface area contributed by atoms with Crippen LogP contribution in [-0.2, 0) is 4.74 Å². The van der Waals surface area contributed by atoms with E-state index in [-0.39, 0.29) is 16.1 Å². The number of hydrogen-bond acceptors (Lipinski definition) is 3. The fraction of sp³-hybridized carbons (Fsp3) is 0.375. The predicted molar refractivity (Wildman–Crippen MR) is 129 cm³/mol. The zero-order valence-corrected chi connectivity index (χ0v) is 19.9. The van der Waals surface area contributed by atoms with Crippen LogP contribution in [-0.4, -0.2) is 36.8 Å². The van der Waals surface area contributed by atoms with E-state index >= 15 is 3.89 Å². The lowest BCUT2D eigenvalue weighted by molar-refractivity contribution is 0.346. The molecule has 0 saturated carbocycles. The second kappa shape index (κ2) is 11.3. The number of aliphatic imine (C=N–C) groups is 1. The van der Waals surface area contributed by atoms with Crippen LogP contribution < -0.4 is 0 Å². The molecule has 0 amide bonds. The number of hydrogen-bond donors (Lipinski definition) is 0. The molecule has 1 aromatic carbocycles. The summed E-state index contributed by atoms with van der Waals surface area (Å²) in [6.07, 6.45) is 6.92. The quantitative estimate of drug-likeness (QED) is 0.177. The van der Waals surface area contributed by atoms with E-state index in [9.17, 15) is 4.39 Å². The van der Waals surface area contributed by atoms with E-state index in [1.807, 2.05) is 33.2 Å². The van der Waals surface area contributed by atoms with Gasteiger partial charge in [-0.05, 0) is 76.7 Å². The van der Waals surface area contributed by atoms with Crippen molar-refractivity contribution >= 4 is 21.1 Å². The minimum Gasteiger partial charge on any atom is -0.450 e. The van der Waals surface area contributed by atoms with Gasteiger partial charge < -0.3 is 9.64 Å². The van der Waals surface area contributed by atoms with Gasteiger partial charge in [-0.15, -0.1) is 0 Å².